The van der Waals surface area contributed by atoms with Crippen LogP contribution in [0.15, 0.2) is 36.4 Å². The van der Waals surface area contributed by atoms with Gasteiger partial charge in [0.05, 0.1) is 28.6 Å². The van der Waals surface area contributed by atoms with Crippen molar-refractivity contribution in [1.82, 2.24) is 5.32 Å². The van der Waals surface area contributed by atoms with Crippen LogP contribution in [0.5, 0.6) is 0 Å². The van der Waals surface area contributed by atoms with Gasteiger partial charge in [0.25, 0.3) is 0 Å². The number of nitriles is 1. The summed E-state index contributed by atoms with van der Waals surface area (Å²) in [6, 6.07) is 9.26. The zero-order valence-corrected chi connectivity index (χ0v) is 23.4. The molecular weight excluding hydrogens is 556 g/mol. The lowest BCUT2D eigenvalue weighted by atomic mass is 9.63. The van der Waals surface area contributed by atoms with Gasteiger partial charge in [-0.05, 0) is 41.7 Å². The van der Waals surface area contributed by atoms with Crippen LogP contribution in [0.1, 0.15) is 50.7 Å². The molecule has 0 aliphatic carbocycles. The van der Waals surface area contributed by atoms with Crippen molar-refractivity contribution in [2.24, 2.45) is 11.1 Å². The van der Waals surface area contributed by atoms with Gasteiger partial charge in [-0.15, -0.1) is 0 Å². The highest BCUT2D eigenvalue weighted by Crippen LogP contribution is 2.52. The number of nitrogens with two attached hydrogens (primary N) is 1. The number of nitrogens with one attached hydrogen (secondary N) is 1. The fourth-order valence-corrected chi connectivity index (χ4v) is 5.53. The van der Waals surface area contributed by atoms with Gasteiger partial charge in [-0.1, -0.05) is 67.7 Å². The molecule has 0 aromatic heterocycles. The van der Waals surface area contributed by atoms with E-state index in [0.29, 0.717) is 12.0 Å². The Kier molecular flexibility index (Phi) is 9.33. The zero-order valence-electron chi connectivity index (χ0n) is 21.1. The normalized spacial score (nSPS) is 24.0. The Morgan fingerprint density at radius 1 is 1.21 bits per heavy atom. The molecule has 1 amide bonds. The molecule has 204 valence electrons. The van der Waals surface area contributed by atoms with Crippen LogP contribution in [0, 0.1) is 22.6 Å². The van der Waals surface area contributed by atoms with Crippen LogP contribution < -0.4 is 11.1 Å². The van der Waals surface area contributed by atoms with Gasteiger partial charge in [0.15, 0.2) is 0 Å². The third-order valence-electron chi connectivity index (χ3n) is 6.54. The largest absolute Gasteiger partial charge is 0.462 e. The molecule has 3 rings (SSSR count). The second kappa shape index (κ2) is 11.8. The lowest BCUT2D eigenvalue weighted by Crippen LogP contribution is -2.44. The van der Waals surface area contributed by atoms with Crippen LogP contribution in [0.25, 0.3) is 0 Å². The van der Waals surface area contributed by atoms with E-state index in [-0.39, 0.29) is 26.0 Å². The molecule has 1 heterocycles. The van der Waals surface area contributed by atoms with Crippen molar-refractivity contribution < 1.29 is 23.8 Å². The van der Waals surface area contributed by atoms with E-state index in [4.69, 9.17) is 45.3 Å². The molecule has 0 spiro atoms. The standard InChI is InChI=1S/C27H29Cl3FN3O4/c1-26(2,3)11-21-27(13-32,17-6-5-15(28)9-20(17)31)23(14-4-7-18(29)19(30)8-14)24(34-21)25(37)38-12-16(35)10-22(33)36/h4-9,16,21,23-24,34-35H,10-12H2,1-3H3,(H2,33,36)/t16-,21-,23-,24+,27-/m0/s1. The minimum Gasteiger partial charge on any atom is -0.462 e. The first-order valence-corrected chi connectivity index (χ1v) is 13.0. The molecular formula is C27H29Cl3FN3O4. The first kappa shape index (κ1) is 30.1. The number of carbonyl (C=O) groups excluding carboxylic acids is 2. The number of nitrogens with zero attached hydrogens (tertiary/aromatic N) is 1. The Labute approximate surface area is 236 Å². The molecule has 4 N–H and O–H groups in total. The average molecular weight is 585 g/mol. The SMILES string of the molecule is CC(C)(C)C[C@@H]1N[C@@H](C(=O)OC[C@@H](O)CC(N)=O)[C@H](c2ccc(Cl)c(Cl)c2)[C@@]1(C#N)c1ccc(Cl)cc1F. The summed E-state index contributed by atoms with van der Waals surface area (Å²) in [5.41, 5.74) is 3.69. The number of primary amides is 1. The van der Waals surface area contributed by atoms with E-state index < -0.39 is 60.2 Å². The molecule has 0 saturated carbocycles. The van der Waals surface area contributed by atoms with Crippen molar-refractivity contribution in [2.75, 3.05) is 6.61 Å². The number of ether oxygens (including phenoxy) is 1. The summed E-state index contributed by atoms with van der Waals surface area (Å²) in [6.07, 6.45) is -1.32. The Morgan fingerprint density at radius 3 is 2.45 bits per heavy atom. The van der Waals surface area contributed by atoms with E-state index in [0.717, 1.165) is 6.07 Å². The van der Waals surface area contributed by atoms with Gasteiger partial charge in [0.1, 0.15) is 23.9 Å². The minimum atomic E-state index is -1.60. The number of amides is 1. The molecule has 1 fully saturated rings. The number of hydrogen-bond acceptors (Lipinski definition) is 6. The molecule has 5 atom stereocenters. The number of carbonyl (C=O) groups is 2. The average Bonchev–Trinajstić information content (AvgIpc) is 3.12. The summed E-state index contributed by atoms with van der Waals surface area (Å²) >= 11 is 18.5. The molecule has 0 unspecified atom stereocenters. The third kappa shape index (κ3) is 6.41. The molecule has 1 saturated heterocycles. The molecule has 11 heteroatoms. The van der Waals surface area contributed by atoms with E-state index >= 15 is 4.39 Å². The lowest BCUT2D eigenvalue weighted by Gasteiger charge is -2.37. The summed E-state index contributed by atoms with van der Waals surface area (Å²) < 4.78 is 20.9. The Bertz CT molecular complexity index is 1260. The van der Waals surface area contributed by atoms with E-state index in [9.17, 15) is 20.0 Å². The lowest BCUT2D eigenvalue weighted by molar-refractivity contribution is -0.150. The van der Waals surface area contributed by atoms with E-state index in [1.807, 2.05) is 20.8 Å². The van der Waals surface area contributed by atoms with Gasteiger partial charge in [-0.3, -0.25) is 14.9 Å². The Hall–Kier alpha value is -2.41. The molecule has 0 radical (unpaired) electrons. The van der Waals surface area contributed by atoms with Gasteiger partial charge in [0, 0.05) is 22.5 Å². The summed E-state index contributed by atoms with van der Waals surface area (Å²) in [5, 5.41) is 24.7. The highest BCUT2D eigenvalue weighted by atomic mass is 35.5. The fourth-order valence-electron chi connectivity index (χ4n) is 5.07. The molecule has 1 aliphatic rings. The Morgan fingerprint density at radius 2 is 1.89 bits per heavy atom. The number of aliphatic hydroxyl groups is 1. The molecule has 1 aliphatic heterocycles. The molecule has 38 heavy (non-hydrogen) atoms. The Balaban J connectivity index is 2.21. The van der Waals surface area contributed by atoms with Crippen LogP contribution in [-0.4, -0.2) is 41.8 Å². The first-order valence-electron chi connectivity index (χ1n) is 11.9. The van der Waals surface area contributed by atoms with Crippen LogP contribution in [-0.2, 0) is 19.7 Å². The van der Waals surface area contributed by atoms with E-state index in [2.05, 4.69) is 11.4 Å². The second-order valence-electron chi connectivity index (χ2n) is 10.7. The van der Waals surface area contributed by atoms with Gasteiger partial charge in [-0.25, -0.2) is 4.39 Å². The molecule has 0 bridgehead atoms. The van der Waals surface area contributed by atoms with E-state index in [1.54, 1.807) is 6.07 Å². The highest BCUT2D eigenvalue weighted by Gasteiger charge is 2.61. The number of aliphatic hydroxyl groups excluding tert-OH is 1. The van der Waals surface area contributed by atoms with Gasteiger partial charge >= 0.3 is 5.97 Å². The maximum atomic E-state index is 15.6. The van der Waals surface area contributed by atoms with Crippen LogP contribution >= 0.6 is 34.8 Å². The van der Waals surface area contributed by atoms with Crippen molar-refractivity contribution >= 4 is 46.7 Å². The van der Waals surface area contributed by atoms with Gasteiger partial charge in [-0.2, -0.15) is 5.26 Å². The summed E-state index contributed by atoms with van der Waals surface area (Å²) in [4.78, 5) is 24.6. The van der Waals surface area contributed by atoms with E-state index in [1.165, 1.54) is 24.3 Å². The minimum absolute atomic E-state index is 0.0614. The molecule has 2 aromatic rings. The number of hydrogen-bond donors (Lipinski definition) is 3. The number of rotatable bonds is 8. The summed E-state index contributed by atoms with van der Waals surface area (Å²) in [6.45, 7) is 5.41. The predicted molar refractivity (Wildman–Crippen MR) is 143 cm³/mol. The smallest absolute Gasteiger partial charge is 0.323 e. The maximum absolute atomic E-state index is 15.6. The topological polar surface area (TPSA) is 125 Å². The fraction of sp³-hybridized carbons (Fsp3) is 0.444. The summed E-state index contributed by atoms with van der Waals surface area (Å²) in [5.74, 6) is -3.23. The maximum Gasteiger partial charge on any atom is 0.323 e. The third-order valence-corrected chi connectivity index (χ3v) is 7.52. The predicted octanol–water partition coefficient (Wildman–Crippen LogP) is 4.89. The van der Waals surface area contributed by atoms with Crippen LogP contribution in [0.3, 0.4) is 0 Å². The first-order chi connectivity index (χ1) is 17.7. The quantitative estimate of drug-likeness (QED) is 0.380. The van der Waals surface area contributed by atoms with Crippen LogP contribution in [0.4, 0.5) is 4.39 Å². The van der Waals surface area contributed by atoms with Crippen molar-refractivity contribution in [1.29, 1.82) is 5.26 Å². The van der Waals surface area contributed by atoms with Gasteiger partial charge < -0.3 is 15.6 Å². The van der Waals surface area contributed by atoms with Crippen molar-refractivity contribution in [3.8, 4) is 6.07 Å². The van der Waals surface area contributed by atoms with Crippen molar-refractivity contribution in [3.63, 3.8) is 0 Å². The molecule has 2 aromatic carbocycles. The number of halogens is 4. The number of esters is 1. The monoisotopic (exact) mass is 583 g/mol. The highest BCUT2D eigenvalue weighted by molar-refractivity contribution is 6.42. The van der Waals surface area contributed by atoms with Crippen molar-refractivity contribution in [2.45, 2.75) is 63.1 Å². The zero-order chi connectivity index (χ0) is 28.4. The van der Waals surface area contributed by atoms with Crippen LogP contribution in [0.2, 0.25) is 15.1 Å². The van der Waals surface area contributed by atoms with Crippen molar-refractivity contribution in [3.05, 3.63) is 68.4 Å². The number of benzene rings is 2. The molecule has 7 nitrogen and oxygen atoms in total. The summed E-state index contributed by atoms with van der Waals surface area (Å²) in [7, 11) is 0. The van der Waals surface area contributed by atoms with Gasteiger partial charge in [0.2, 0.25) is 5.91 Å². The second-order valence-corrected chi connectivity index (χ2v) is 11.9.